The summed E-state index contributed by atoms with van der Waals surface area (Å²) in [5.41, 5.74) is -0.572. The third-order valence-corrected chi connectivity index (χ3v) is 6.10. The summed E-state index contributed by atoms with van der Waals surface area (Å²) in [7, 11) is 1.52. The molecule has 2 saturated heterocycles. The van der Waals surface area contributed by atoms with Crippen molar-refractivity contribution in [2.45, 2.75) is 12.0 Å². The second-order valence-corrected chi connectivity index (χ2v) is 8.70. The van der Waals surface area contributed by atoms with Crippen LogP contribution in [0.15, 0.2) is 42.6 Å². The van der Waals surface area contributed by atoms with Gasteiger partial charge in [-0.25, -0.2) is 4.98 Å². The third-order valence-electron chi connectivity index (χ3n) is 5.86. The molecule has 0 unspecified atom stereocenters. The Morgan fingerprint density at radius 1 is 1.12 bits per heavy atom. The molecule has 0 spiro atoms. The maximum atomic E-state index is 13.2. The molecule has 1 aromatic heterocycles. The van der Waals surface area contributed by atoms with E-state index in [1.54, 1.807) is 46.2 Å². The quantitative estimate of drug-likeness (QED) is 0.589. The number of amides is 2. The number of rotatable bonds is 7. The van der Waals surface area contributed by atoms with Crippen LogP contribution in [0, 0.1) is 0 Å². The highest BCUT2D eigenvalue weighted by Crippen LogP contribution is 2.27. The minimum absolute atomic E-state index is 0.0570. The molecule has 1 aromatic carbocycles. The second kappa shape index (κ2) is 11.0. The fraction of sp³-hybridized carbons (Fsp3) is 0.458. The average Bonchev–Trinajstić information content (AvgIpc) is 2.88. The van der Waals surface area contributed by atoms with E-state index in [0.29, 0.717) is 55.1 Å². The summed E-state index contributed by atoms with van der Waals surface area (Å²) in [6.45, 7) is 3.05. The van der Waals surface area contributed by atoms with Crippen molar-refractivity contribution in [2.75, 3.05) is 59.7 Å². The number of benzene rings is 1. The first-order chi connectivity index (χ1) is 16.5. The Balaban J connectivity index is 1.52. The zero-order chi connectivity index (χ0) is 24.0. The number of hydrogen-bond acceptors (Lipinski definition) is 7. The summed E-state index contributed by atoms with van der Waals surface area (Å²) in [6, 6.07) is 10.4. The fourth-order valence-electron chi connectivity index (χ4n) is 4.05. The first-order valence-corrected chi connectivity index (χ1v) is 11.5. The van der Waals surface area contributed by atoms with Crippen LogP contribution in [-0.2, 0) is 14.3 Å². The molecule has 2 aliphatic rings. The van der Waals surface area contributed by atoms with Gasteiger partial charge in [-0.15, -0.1) is 0 Å². The molecule has 34 heavy (non-hydrogen) atoms. The van der Waals surface area contributed by atoms with Crippen LogP contribution >= 0.6 is 11.6 Å². The SMILES string of the molecule is COc1ccc(C(=O)N2CCO[C@@](COc3cccc(Cl)c3)(CC(=O)N3CCOCC3)C2)cn1. The Kier molecular flexibility index (Phi) is 7.87. The molecule has 0 bridgehead atoms. The van der Waals surface area contributed by atoms with Gasteiger partial charge >= 0.3 is 0 Å². The summed E-state index contributed by atoms with van der Waals surface area (Å²) < 4.78 is 22.6. The van der Waals surface area contributed by atoms with Crippen molar-refractivity contribution in [1.82, 2.24) is 14.8 Å². The van der Waals surface area contributed by atoms with Crippen molar-refractivity contribution in [1.29, 1.82) is 0 Å². The van der Waals surface area contributed by atoms with Crippen LogP contribution in [0.2, 0.25) is 5.02 Å². The highest BCUT2D eigenvalue weighted by atomic mass is 35.5. The summed E-state index contributed by atoms with van der Waals surface area (Å²) in [4.78, 5) is 33.9. The predicted molar refractivity (Wildman–Crippen MR) is 124 cm³/mol. The number of ether oxygens (including phenoxy) is 4. The number of hydrogen-bond donors (Lipinski definition) is 0. The molecule has 0 radical (unpaired) electrons. The smallest absolute Gasteiger partial charge is 0.255 e. The van der Waals surface area contributed by atoms with E-state index in [4.69, 9.17) is 30.5 Å². The fourth-order valence-corrected chi connectivity index (χ4v) is 4.23. The lowest BCUT2D eigenvalue weighted by Crippen LogP contribution is -2.58. The van der Waals surface area contributed by atoms with Crippen molar-refractivity contribution in [3.05, 3.63) is 53.2 Å². The molecular weight excluding hydrogens is 462 g/mol. The summed E-state index contributed by atoms with van der Waals surface area (Å²) >= 11 is 6.09. The van der Waals surface area contributed by atoms with Gasteiger partial charge in [0.1, 0.15) is 18.0 Å². The van der Waals surface area contributed by atoms with Crippen LogP contribution in [0.3, 0.4) is 0 Å². The minimum Gasteiger partial charge on any atom is -0.490 e. The van der Waals surface area contributed by atoms with Gasteiger partial charge in [-0.1, -0.05) is 17.7 Å². The van der Waals surface area contributed by atoms with Crippen molar-refractivity contribution >= 4 is 23.4 Å². The van der Waals surface area contributed by atoms with Gasteiger partial charge in [-0.05, 0) is 24.3 Å². The number of halogens is 1. The molecule has 10 heteroatoms. The third kappa shape index (κ3) is 5.97. The van der Waals surface area contributed by atoms with Crippen molar-refractivity contribution in [3.63, 3.8) is 0 Å². The van der Waals surface area contributed by atoms with E-state index < -0.39 is 5.60 Å². The number of carbonyl (C=O) groups is 2. The monoisotopic (exact) mass is 489 g/mol. The first kappa shape index (κ1) is 24.3. The molecular formula is C24H28ClN3O6. The maximum Gasteiger partial charge on any atom is 0.255 e. The number of methoxy groups -OCH3 is 1. The largest absolute Gasteiger partial charge is 0.490 e. The van der Waals surface area contributed by atoms with E-state index in [0.717, 1.165) is 0 Å². The standard InChI is InChI=1S/C24H28ClN3O6/c1-31-21-6-5-18(15-26-21)23(30)28-9-12-34-24(16-28,14-22(29)27-7-10-32-11-8-27)17-33-20-4-2-3-19(25)13-20/h2-6,13,15H,7-12,14,16-17H2,1H3/t24-/m0/s1. The molecule has 0 saturated carbocycles. The van der Waals surface area contributed by atoms with Crippen LogP contribution < -0.4 is 9.47 Å². The van der Waals surface area contributed by atoms with Gasteiger partial charge in [0.15, 0.2) is 0 Å². The Morgan fingerprint density at radius 2 is 1.91 bits per heavy atom. The molecule has 2 aromatic rings. The van der Waals surface area contributed by atoms with Crippen molar-refractivity contribution < 1.29 is 28.5 Å². The summed E-state index contributed by atoms with van der Waals surface area (Å²) in [5.74, 6) is 0.749. The van der Waals surface area contributed by atoms with Crippen molar-refractivity contribution in [3.8, 4) is 11.6 Å². The highest BCUT2D eigenvalue weighted by Gasteiger charge is 2.42. The first-order valence-electron chi connectivity index (χ1n) is 11.2. The molecule has 4 rings (SSSR count). The van der Waals surface area contributed by atoms with E-state index in [1.807, 2.05) is 0 Å². The molecule has 3 heterocycles. The number of carbonyl (C=O) groups excluding carboxylic acids is 2. The zero-order valence-corrected chi connectivity index (χ0v) is 19.8. The molecule has 182 valence electrons. The van der Waals surface area contributed by atoms with Crippen LogP contribution in [0.5, 0.6) is 11.6 Å². The molecule has 1 atom stereocenters. The highest BCUT2D eigenvalue weighted by molar-refractivity contribution is 6.30. The van der Waals surface area contributed by atoms with Crippen LogP contribution in [-0.4, -0.2) is 91.9 Å². The summed E-state index contributed by atoms with van der Waals surface area (Å²) in [6.07, 6.45) is 1.57. The molecule has 0 aliphatic carbocycles. The Labute approximate surface area is 203 Å². The molecule has 2 amide bonds. The van der Waals surface area contributed by atoms with Crippen LogP contribution in [0.4, 0.5) is 0 Å². The number of pyridine rings is 1. The van der Waals surface area contributed by atoms with E-state index in [-0.39, 0.29) is 38.0 Å². The van der Waals surface area contributed by atoms with Gasteiger partial charge in [0.05, 0.1) is 45.5 Å². The van der Waals surface area contributed by atoms with Gasteiger partial charge in [0, 0.05) is 36.9 Å². The number of nitrogens with zero attached hydrogens (tertiary/aromatic N) is 3. The average molecular weight is 490 g/mol. The van der Waals surface area contributed by atoms with Crippen molar-refractivity contribution in [2.24, 2.45) is 0 Å². The Hall–Kier alpha value is -2.88. The Morgan fingerprint density at radius 3 is 2.62 bits per heavy atom. The predicted octanol–water partition coefficient (Wildman–Crippen LogP) is 2.28. The van der Waals surface area contributed by atoms with Gasteiger partial charge in [0.2, 0.25) is 11.8 Å². The van der Waals surface area contributed by atoms with Gasteiger partial charge in [-0.2, -0.15) is 0 Å². The molecule has 2 fully saturated rings. The molecule has 0 N–H and O–H groups in total. The maximum absolute atomic E-state index is 13.2. The van der Waals surface area contributed by atoms with E-state index in [9.17, 15) is 9.59 Å². The minimum atomic E-state index is -1.01. The lowest BCUT2D eigenvalue weighted by atomic mass is 9.96. The van der Waals surface area contributed by atoms with Crippen LogP contribution in [0.25, 0.3) is 0 Å². The second-order valence-electron chi connectivity index (χ2n) is 8.26. The molecule has 2 aliphatic heterocycles. The normalized spacial score (nSPS) is 20.6. The zero-order valence-electron chi connectivity index (χ0n) is 19.1. The lowest BCUT2D eigenvalue weighted by molar-refractivity contribution is -0.155. The van der Waals surface area contributed by atoms with Gasteiger partial charge in [-0.3, -0.25) is 9.59 Å². The lowest BCUT2D eigenvalue weighted by Gasteiger charge is -2.43. The van der Waals surface area contributed by atoms with E-state index >= 15 is 0 Å². The topological polar surface area (TPSA) is 90.4 Å². The van der Waals surface area contributed by atoms with Crippen LogP contribution in [0.1, 0.15) is 16.8 Å². The van der Waals surface area contributed by atoms with E-state index in [2.05, 4.69) is 4.98 Å². The molecule has 9 nitrogen and oxygen atoms in total. The summed E-state index contributed by atoms with van der Waals surface area (Å²) in [5, 5.41) is 0.546. The van der Waals surface area contributed by atoms with Gasteiger partial charge < -0.3 is 28.7 Å². The number of aromatic nitrogens is 1. The van der Waals surface area contributed by atoms with E-state index in [1.165, 1.54) is 13.3 Å². The Bertz CT molecular complexity index is 998. The number of morpholine rings is 2. The van der Waals surface area contributed by atoms with Gasteiger partial charge in [0.25, 0.3) is 5.91 Å².